The van der Waals surface area contributed by atoms with Crippen LogP contribution in [-0.4, -0.2) is 60.5 Å². The minimum absolute atomic E-state index is 0.0686. The summed E-state index contributed by atoms with van der Waals surface area (Å²) in [4.78, 5) is 16.1. The van der Waals surface area contributed by atoms with E-state index in [1.807, 2.05) is 13.8 Å². The second-order valence-corrected chi connectivity index (χ2v) is 8.74. The first-order valence-electron chi connectivity index (χ1n) is 9.49. The molecule has 1 aliphatic heterocycles. The molecule has 1 aliphatic carbocycles. The van der Waals surface area contributed by atoms with Crippen LogP contribution in [0.2, 0.25) is 0 Å². The largest absolute Gasteiger partial charge is 0.509 e. The molecule has 0 radical (unpaired) electrons. The first-order chi connectivity index (χ1) is 13.4. The van der Waals surface area contributed by atoms with Gasteiger partial charge < -0.3 is 30.2 Å². The lowest BCUT2D eigenvalue weighted by molar-refractivity contribution is -0.137. The highest BCUT2D eigenvalue weighted by Crippen LogP contribution is 2.59. The molecule has 1 saturated carbocycles. The van der Waals surface area contributed by atoms with Crippen molar-refractivity contribution in [3.8, 4) is 0 Å². The molecule has 1 unspecified atom stereocenters. The lowest BCUT2D eigenvalue weighted by Crippen LogP contribution is -2.47. The van der Waals surface area contributed by atoms with E-state index in [9.17, 15) is 15.0 Å². The summed E-state index contributed by atoms with van der Waals surface area (Å²) in [5.41, 5.74) is 3.16. The van der Waals surface area contributed by atoms with Crippen molar-refractivity contribution in [2.45, 2.75) is 69.7 Å². The van der Waals surface area contributed by atoms with E-state index in [1.54, 1.807) is 32.9 Å². The number of ether oxygens (including phenoxy) is 3. The molecular formula is C19H26N4O6. The van der Waals surface area contributed by atoms with E-state index < -0.39 is 41.3 Å². The van der Waals surface area contributed by atoms with Gasteiger partial charge in [0.05, 0.1) is 5.69 Å². The summed E-state index contributed by atoms with van der Waals surface area (Å²) in [6, 6.07) is 3.41. The summed E-state index contributed by atoms with van der Waals surface area (Å²) in [7, 11) is 0. The van der Waals surface area contributed by atoms with Crippen LogP contribution in [0.4, 0.5) is 10.6 Å². The Hall–Kier alpha value is -2.43. The normalized spacial score (nSPS) is 33.7. The zero-order chi connectivity index (χ0) is 21.4. The minimum Gasteiger partial charge on any atom is -0.428 e. The molecule has 0 aromatic carbocycles. The molecular weight excluding hydrogens is 380 g/mol. The van der Waals surface area contributed by atoms with E-state index in [0.717, 1.165) is 0 Å². The van der Waals surface area contributed by atoms with E-state index in [0.29, 0.717) is 11.2 Å². The Balaban J connectivity index is 1.53. The first-order valence-corrected chi connectivity index (χ1v) is 9.49. The minimum atomic E-state index is -1.74. The highest BCUT2D eigenvalue weighted by atomic mass is 16.8. The van der Waals surface area contributed by atoms with Gasteiger partial charge in [-0.3, -0.25) is 0 Å². The van der Waals surface area contributed by atoms with Crippen LogP contribution >= 0.6 is 0 Å². The average Bonchev–Trinajstić information content (AvgIpc) is 2.96. The quantitative estimate of drug-likeness (QED) is 0.634. The van der Waals surface area contributed by atoms with E-state index in [2.05, 4.69) is 10.1 Å². The lowest BCUT2D eigenvalue weighted by Gasteiger charge is -2.32. The number of nitrogens with zero attached hydrogens (tertiary/aromatic N) is 3. The van der Waals surface area contributed by atoms with Gasteiger partial charge in [0, 0.05) is 0 Å². The molecule has 0 spiro atoms. The standard InChI is InChI=1S/C19H26N4O6/c1-9(2)17(3,4)29-16(25)27-12-13-19(12,26)15(24)18(5,28-13)11-7-6-10-14(20)21-8-22-23(10)11/h6-9,12-13,15,24,26H,1-5H3,(H2,20,21,22)/t12?,13-,15+,18+,19-/m1/s1. The van der Waals surface area contributed by atoms with Crippen molar-refractivity contribution in [3.63, 3.8) is 0 Å². The van der Waals surface area contributed by atoms with Gasteiger partial charge in [-0.25, -0.2) is 14.3 Å². The SMILES string of the molecule is CC(C)C(C)(C)OC(=O)OC1[C@H]2O[C@@](C)(c3ccc4c(N)ncnn34)[C@H](O)[C@@]12O. The molecule has 3 heterocycles. The monoisotopic (exact) mass is 406 g/mol. The number of aliphatic hydroxyl groups excluding tert-OH is 1. The lowest BCUT2D eigenvalue weighted by atomic mass is 9.91. The number of anilines is 1. The van der Waals surface area contributed by atoms with Crippen molar-refractivity contribution in [2.24, 2.45) is 5.92 Å². The van der Waals surface area contributed by atoms with Crippen LogP contribution in [-0.2, 0) is 19.8 Å². The Kier molecular flexibility index (Phi) is 4.14. The highest BCUT2D eigenvalue weighted by Gasteiger charge is 2.82. The van der Waals surface area contributed by atoms with E-state index >= 15 is 0 Å². The summed E-state index contributed by atoms with van der Waals surface area (Å²) in [6.45, 7) is 9.02. The second-order valence-electron chi connectivity index (χ2n) is 8.74. The van der Waals surface area contributed by atoms with Gasteiger partial charge in [-0.1, -0.05) is 13.8 Å². The number of carbonyl (C=O) groups is 1. The van der Waals surface area contributed by atoms with Crippen LogP contribution < -0.4 is 5.73 Å². The van der Waals surface area contributed by atoms with E-state index in [1.165, 1.54) is 10.8 Å². The Labute approximate surface area is 167 Å². The molecule has 0 bridgehead atoms. The molecule has 29 heavy (non-hydrogen) atoms. The fourth-order valence-corrected chi connectivity index (χ4v) is 3.71. The number of hydrogen-bond acceptors (Lipinski definition) is 9. The maximum atomic E-state index is 12.2. The number of hydrogen-bond donors (Lipinski definition) is 3. The summed E-state index contributed by atoms with van der Waals surface area (Å²) in [5, 5.41) is 26.0. The predicted molar refractivity (Wildman–Crippen MR) is 101 cm³/mol. The van der Waals surface area contributed by atoms with Gasteiger partial charge in [0.1, 0.15) is 35.3 Å². The van der Waals surface area contributed by atoms with Gasteiger partial charge in [0.2, 0.25) is 0 Å². The molecule has 158 valence electrons. The maximum absolute atomic E-state index is 12.2. The van der Waals surface area contributed by atoms with Crippen molar-refractivity contribution < 1.29 is 29.2 Å². The van der Waals surface area contributed by atoms with Crippen molar-refractivity contribution in [2.75, 3.05) is 5.73 Å². The second kappa shape index (κ2) is 6.04. The first kappa shape index (κ1) is 19.9. The smallest absolute Gasteiger partial charge is 0.428 e. The number of nitrogens with two attached hydrogens (primary N) is 1. The molecule has 10 nitrogen and oxygen atoms in total. The van der Waals surface area contributed by atoms with Crippen LogP contribution in [0.25, 0.3) is 5.52 Å². The highest BCUT2D eigenvalue weighted by molar-refractivity contribution is 5.66. The van der Waals surface area contributed by atoms with Crippen LogP contribution in [0.3, 0.4) is 0 Å². The van der Waals surface area contributed by atoms with Crippen molar-refractivity contribution in [3.05, 3.63) is 24.2 Å². The third-order valence-electron chi connectivity index (χ3n) is 6.36. The van der Waals surface area contributed by atoms with Crippen LogP contribution in [0, 0.1) is 5.92 Å². The van der Waals surface area contributed by atoms with Crippen LogP contribution in [0.1, 0.15) is 40.3 Å². The van der Waals surface area contributed by atoms with Gasteiger partial charge in [-0.15, -0.1) is 0 Å². The summed E-state index contributed by atoms with van der Waals surface area (Å²) >= 11 is 0. The van der Waals surface area contributed by atoms with E-state index in [4.69, 9.17) is 19.9 Å². The fraction of sp³-hybridized carbons (Fsp3) is 0.632. The molecule has 0 amide bonds. The Morgan fingerprint density at radius 3 is 2.69 bits per heavy atom. The zero-order valence-corrected chi connectivity index (χ0v) is 17.0. The molecule has 5 atom stereocenters. The predicted octanol–water partition coefficient (Wildman–Crippen LogP) is 0.987. The van der Waals surface area contributed by atoms with Gasteiger partial charge in [0.25, 0.3) is 0 Å². The number of rotatable bonds is 4. The van der Waals surface area contributed by atoms with Crippen molar-refractivity contribution in [1.29, 1.82) is 0 Å². The number of carbonyl (C=O) groups excluding carboxylic acids is 1. The molecule has 2 fully saturated rings. The molecule has 1 saturated heterocycles. The van der Waals surface area contributed by atoms with Gasteiger partial charge in [0.15, 0.2) is 17.5 Å². The number of fused-ring (bicyclic) bond motifs is 2. The van der Waals surface area contributed by atoms with Crippen molar-refractivity contribution in [1.82, 2.24) is 14.6 Å². The third-order valence-corrected chi connectivity index (χ3v) is 6.36. The molecule has 2 aliphatic rings. The fourth-order valence-electron chi connectivity index (χ4n) is 3.71. The van der Waals surface area contributed by atoms with Crippen LogP contribution in [0.15, 0.2) is 18.5 Å². The van der Waals surface area contributed by atoms with Gasteiger partial charge in [-0.05, 0) is 38.8 Å². The topological polar surface area (TPSA) is 141 Å². The molecule has 2 aromatic rings. The Morgan fingerprint density at radius 1 is 1.41 bits per heavy atom. The average molecular weight is 406 g/mol. The Morgan fingerprint density at radius 2 is 2.10 bits per heavy atom. The summed E-state index contributed by atoms with van der Waals surface area (Å²) < 4.78 is 18.1. The Bertz CT molecular complexity index is 975. The number of aromatic nitrogens is 3. The molecule has 2 aromatic heterocycles. The molecule has 10 heteroatoms. The van der Waals surface area contributed by atoms with Crippen LogP contribution in [0.5, 0.6) is 0 Å². The molecule has 4 rings (SSSR count). The third kappa shape index (κ3) is 2.70. The number of nitrogen functional groups attached to an aromatic ring is 1. The van der Waals surface area contributed by atoms with Gasteiger partial charge in [-0.2, -0.15) is 5.10 Å². The zero-order valence-electron chi connectivity index (χ0n) is 17.0. The number of aliphatic hydroxyl groups is 2. The molecule has 4 N–H and O–H groups in total. The van der Waals surface area contributed by atoms with Gasteiger partial charge >= 0.3 is 6.16 Å². The summed E-state index contributed by atoms with van der Waals surface area (Å²) in [5.74, 6) is 0.349. The van der Waals surface area contributed by atoms with Crippen molar-refractivity contribution >= 4 is 17.5 Å². The van der Waals surface area contributed by atoms with E-state index in [-0.39, 0.29) is 11.7 Å². The maximum Gasteiger partial charge on any atom is 0.509 e. The summed E-state index contributed by atoms with van der Waals surface area (Å²) in [6.07, 6.45) is -2.90.